The summed E-state index contributed by atoms with van der Waals surface area (Å²) in [6, 6.07) is 8.19. The van der Waals surface area contributed by atoms with Crippen LogP contribution >= 0.6 is 0 Å². The molecule has 0 spiro atoms. The fourth-order valence-corrected chi connectivity index (χ4v) is 1.96. The van der Waals surface area contributed by atoms with Crippen molar-refractivity contribution >= 4 is 5.69 Å². The second-order valence-electron chi connectivity index (χ2n) is 4.11. The molecule has 0 amide bonds. The van der Waals surface area contributed by atoms with Gasteiger partial charge in [-0.3, -0.25) is 0 Å². The topological polar surface area (TPSA) is 32.7 Å². The Morgan fingerprint density at radius 2 is 1.88 bits per heavy atom. The molecule has 3 nitrogen and oxygen atoms in total. The molecule has 1 aromatic carbocycles. The molecule has 88 valence electrons. The van der Waals surface area contributed by atoms with Crippen LogP contribution in [-0.2, 0) is 4.74 Å². The molecule has 1 aliphatic heterocycles. The number of aliphatic hydroxyl groups excluding tert-OH is 1. The van der Waals surface area contributed by atoms with Crippen molar-refractivity contribution in [3.8, 4) is 0 Å². The molecule has 16 heavy (non-hydrogen) atoms. The van der Waals surface area contributed by atoms with Crippen LogP contribution in [-0.4, -0.2) is 31.4 Å². The third kappa shape index (κ3) is 2.54. The first kappa shape index (κ1) is 11.4. The van der Waals surface area contributed by atoms with Crippen molar-refractivity contribution in [1.82, 2.24) is 0 Å². The minimum atomic E-state index is -0.335. The van der Waals surface area contributed by atoms with Crippen LogP contribution in [0.4, 0.5) is 5.69 Å². The van der Waals surface area contributed by atoms with Crippen LogP contribution in [0.2, 0.25) is 0 Å². The number of aliphatic hydroxyl groups is 1. The van der Waals surface area contributed by atoms with E-state index in [-0.39, 0.29) is 6.10 Å². The summed E-state index contributed by atoms with van der Waals surface area (Å²) < 4.78 is 5.32. The summed E-state index contributed by atoms with van der Waals surface area (Å²) in [6.07, 6.45) is 0.426. The number of ether oxygens (including phenoxy) is 1. The largest absolute Gasteiger partial charge is 0.388 e. The summed E-state index contributed by atoms with van der Waals surface area (Å²) >= 11 is 0. The predicted octanol–water partition coefficient (Wildman–Crippen LogP) is 1.97. The second-order valence-corrected chi connectivity index (χ2v) is 4.11. The average molecular weight is 221 g/mol. The van der Waals surface area contributed by atoms with Crippen molar-refractivity contribution in [3.63, 3.8) is 0 Å². The summed E-state index contributed by atoms with van der Waals surface area (Å²) in [5, 5.41) is 9.70. The van der Waals surface area contributed by atoms with Gasteiger partial charge in [-0.25, -0.2) is 0 Å². The highest BCUT2D eigenvalue weighted by Gasteiger charge is 2.11. The molecular formula is C13H19NO2. The Morgan fingerprint density at radius 1 is 1.25 bits per heavy atom. The van der Waals surface area contributed by atoms with E-state index in [1.165, 1.54) is 5.69 Å². The number of rotatable bonds is 3. The van der Waals surface area contributed by atoms with Gasteiger partial charge in [0.15, 0.2) is 0 Å². The Morgan fingerprint density at radius 3 is 2.44 bits per heavy atom. The Kier molecular flexibility index (Phi) is 3.80. The maximum absolute atomic E-state index is 9.70. The van der Waals surface area contributed by atoms with Crippen molar-refractivity contribution in [2.75, 3.05) is 31.2 Å². The molecule has 0 aromatic heterocycles. The molecule has 1 N–H and O–H groups in total. The van der Waals surface area contributed by atoms with Crippen molar-refractivity contribution in [2.24, 2.45) is 0 Å². The van der Waals surface area contributed by atoms with Gasteiger partial charge in [-0.15, -0.1) is 0 Å². The van der Waals surface area contributed by atoms with Crippen LogP contribution in [0.1, 0.15) is 25.0 Å². The van der Waals surface area contributed by atoms with Crippen LogP contribution in [0.25, 0.3) is 0 Å². The molecule has 0 radical (unpaired) electrons. The van der Waals surface area contributed by atoms with Gasteiger partial charge in [-0.05, 0) is 24.1 Å². The van der Waals surface area contributed by atoms with E-state index >= 15 is 0 Å². The van der Waals surface area contributed by atoms with Gasteiger partial charge in [0.1, 0.15) is 0 Å². The van der Waals surface area contributed by atoms with E-state index in [0.717, 1.165) is 38.3 Å². The Hall–Kier alpha value is -1.06. The minimum absolute atomic E-state index is 0.335. The standard InChI is InChI=1S/C13H19NO2/c1-2-13(15)11-3-5-12(6-4-11)14-7-9-16-10-8-14/h3-6,13,15H,2,7-10H2,1H3/t13-/m0/s1. The smallest absolute Gasteiger partial charge is 0.0787 e. The lowest BCUT2D eigenvalue weighted by Crippen LogP contribution is -2.36. The number of hydrogen-bond acceptors (Lipinski definition) is 3. The maximum Gasteiger partial charge on any atom is 0.0787 e. The maximum atomic E-state index is 9.70. The summed E-state index contributed by atoms with van der Waals surface area (Å²) in [5.41, 5.74) is 2.22. The van der Waals surface area contributed by atoms with Gasteiger partial charge in [0.05, 0.1) is 19.3 Å². The van der Waals surface area contributed by atoms with E-state index in [9.17, 15) is 5.11 Å². The first-order valence-corrected chi connectivity index (χ1v) is 5.92. The molecule has 3 heteroatoms. The molecule has 0 bridgehead atoms. The molecule has 0 unspecified atom stereocenters. The van der Waals surface area contributed by atoms with E-state index in [4.69, 9.17) is 4.74 Å². The number of hydrogen-bond donors (Lipinski definition) is 1. The number of morpholine rings is 1. The van der Waals surface area contributed by atoms with E-state index in [1.54, 1.807) is 0 Å². The van der Waals surface area contributed by atoms with Gasteiger partial charge >= 0.3 is 0 Å². The number of benzene rings is 1. The van der Waals surface area contributed by atoms with Crippen LogP contribution in [0.3, 0.4) is 0 Å². The first-order chi connectivity index (χ1) is 7.81. The molecule has 1 aliphatic rings. The van der Waals surface area contributed by atoms with E-state index < -0.39 is 0 Å². The molecule has 0 saturated carbocycles. The molecule has 1 saturated heterocycles. The Bertz CT molecular complexity index is 317. The van der Waals surface area contributed by atoms with E-state index in [2.05, 4.69) is 17.0 Å². The zero-order chi connectivity index (χ0) is 11.4. The zero-order valence-electron chi connectivity index (χ0n) is 9.72. The van der Waals surface area contributed by atoms with E-state index in [0.29, 0.717) is 0 Å². The fraction of sp³-hybridized carbons (Fsp3) is 0.538. The second kappa shape index (κ2) is 5.32. The highest BCUT2D eigenvalue weighted by atomic mass is 16.5. The summed E-state index contributed by atoms with van der Waals surface area (Å²) in [5.74, 6) is 0. The highest BCUT2D eigenvalue weighted by Crippen LogP contribution is 2.21. The SMILES string of the molecule is CC[C@H](O)c1ccc(N2CCOCC2)cc1. The number of anilines is 1. The van der Waals surface area contributed by atoms with Gasteiger partial charge in [-0.2, -0.15) is 0 Å². The van der Waals surface area contributed by atoms with Crippen molar-refractivity contribution < 1.29 is 9.84 Å². The molecule has 0 aliphatic carbocycles. The number of nitrogens with zero attached hydrogens (tertiary/aromatic N) is 1. The van der Waals surface area contributed by atoms with Crippen LogP contribution in [0.15, 0.2) is 24.3 Å². The Balaban J connectivity index is 2.06. The quantitative estimate of drug-likeness (QED) is 0.847. The Labute approximate surface area is 96.6 Å². The highest BCUT2D eigenvalue weighted by molar-refractivity contribution is 5.48. The van der Waals surface area contributed by atoms with Gasteiger partial charge in [-0.1, -0.05) is 19.1 Å². The normalized spacial score (nSPS) is 18.5. The third-order valence-electron chi connectivity index (χ3n) is 3.04. The lowest BCUT2D eigenvalue weighted by atomic mass is 10.1. The summed E-state index contributed by atoms with van der Waals surface area (Å²) in [7, 11) is 0. The lowest BCUT2D eigenvalue weighted by molar-refractivity contribution is 0.122. The van der Waals surface area contributed by atoms with Crippen molar-refractivity contribution in [2.45, 2.75) is 19.4 Å². The van der Waals surface area contributed by atoms with Gasteiger partial charge in [0.25, 0.3) is 0 Å². The van der Waals surface area contributed by atoms with Gasteiger partial charge in [0.2, 0.25) is 0 Å². The molecule has 1 heterocycles. The third-order valence-corrected chi connectivity index (χ3v) is 3.04. The first-order valence-electron chi connectivity index (χ1n) is 5.92. The van der Waals surface area contributed by atoms with Crippen LogP contribution in [0.5, 0.6) is 0 Å². The zero-order valence-corrected chi connectivity index (χ0v) is 9.72. The molecule has 2 rings (SSSR count). The predicted molar refractivity (Wildman–Crippen MR) is 64.7 cm³/mol. The molecular weight excluding hydrogens is 202 g/mol. The molecule has 1 aromatic rings. The monoisotopic (exact) mass is 221 g/mol. The fourth-order valence-electron chi connectivity index (χ4n) is 1.96. The summed E-state index contributed by atoms with van der Waals surface area (Å²) in [4.78, 5) is 2.31. The molecule has 1 atom stereocenters. The van der Waals surface area contributed by atoms with E-state index in [1.807, 2.05) is 19.1 Å². The van der Waals surface area contributed by atoms with Gasteiger partial charge in [0, 0.05) is 18.8 Å². The van der Waals surface area contributed by atoms with Crippen molar-refractivity contribution in [1.29, 1.82) is 0 Å². The van der Waals surface area contributed by atoms with Gasteiger partial charge < -0.3 is 14.7 Å². The van der Waals surface area contributed by atoms with Crippen molar-refractivity contribution in [3.05, 3.63) is 29.8 Å². The molecule has 1 fully saturated rings. The lowest BCUT2D eigenvalue weighted by Gasteiger charge is -2.29. The minimum Gasteiger partial charge on any atom is -0.388 e. The summed E-state index contributed by atoms with van der Waals surface area (Å²) in [6.45, 7) is 5.50. The van der Waals surface area contributed by atoms with Crippen LogP contribution < -0.4 is 4.90 Å². The van der Waals surface area contributed by atoms with Crippen LogP contribution in [0, 0.1) is 0 Å². The average Bonchev–Trinajstić information content (AvgIpc) is 2.39.